The normalized spacial score (nSPS) is 20.1. The first kappa shape index (κ1) is 21.9. The zero-order valence-electron chi connectivity index (χ0n) is 18.8. The van der Waals surface area contributed by atoms with Crippen molar-refractivity contribution in [1.29, 1.82) is 0 Å². The standard InChI is InChI=1S/C26H21ClFN3O4/c1-13-3-2-4-15-7-9-26(20(13)15)29-23(33)21-16-8-10-30(12-14-5-6-18(28)17(27)11-14)24(34)19(16)22(32)25(35)31(21)26/h2-6,11,32H,7-10,12H2,1H3,(H,29,33). The molecule has 0 bridgehead atoms. The first-order valence-electron chi connectivity index (χ1n) is 11.4. The van der Waals surface area contributed by atoms with E-state index in [9.17, 15) is 23.9 Å². The van der Waals surface area contributed by atoms with E-state index in [0.29, 0.717) is 24.0 Å². The summed E-state index contributed by atoms with van der Waals surface area (Å²) in [5.41, 5.74) is 1.98. The van der Waals surface area contributed by atoms with Gasteiger partial charge < -0.3 is 15.3 Å². The van der Waals surface area contributed by atoms with Crippen LogP contribution in [0.25, 0.3) is 0 Å². The lowest BCUT2D eigenvalue weighted by atomic mass is 9.94. The summed E-state index contributed by atoms with van der Waals surface area (Å²) in [7, 11) is 0. The third kappa shape index (κ3) is 2.92. The number of hydrogen-bond acceptors (Lipinski definition) is 4. The lowest BCUT2D eigenvalue weighted by Gasteiger charge is -2.32. The van der Waals surface area contributed by atoms with Crippen LogP contribution in [0.1, 0.15) is 55.1 Å². The van der Waals surface area contributed by atoms with Gasteiger partial charge in [-0.15, -0.1) is 0 Å². The molecule has 2 aliphatic heterocycles. The summed E-state index contributed by atoms with van der Waals surface area (Å²) in [6.07, 6.45) is 1.44. The Hall–Kier alpha value is -3.65. The molecule has 1 atom stereocenters. The molecule has 1 aromatic heterocycles. The maximum atomic E-state index is 13.5. The average molecular weight is 494 g/mol. The fourth-order valence-corrected chi connectivity index (χ4v) is 6.13. The van der Waals surface area contributed by atoms with Crippen LogP contribution in [0.2, 0.25) is 5.02 Å². The molecule has 2 aromatic carbocycles. The molecule has 7 nitrogen and oxygen atoms in total. The molecule has 35 heavy (non-hydrogen) atoms. The van der Waals surface area contributed by atoms with Crippen molar-refractivity contribution < 1.29 is 19.1 Å². The van der Waals surface area contributed by atoms with E-state index in [4.69, 9.17) is 11.6 Å². The highest BCUT2D eigenvalue weighted by Gasteiger charge is 2.52. The maximum Gasteiger partial charge on any atom is 0.296 e. The number of nitrogens with zero attached hydrogens (tertiary/aromatic N) is 2. The Kier molecular flexibility index (Phi) is 4.63. The topological polar surface area (TPSA) is 91.6 Å². The molecular formula is C26H21ClFN3O4. The van der Waals surface area contributed by atoms with Crippen molar-refractivity contribution in [3.63, 3.8) is 0 Å². The molecule has 1 spiro atoms. The Bertz CT molecular complexity index is 1530. The lowest BCUT2D eigenvalue weighted by Crippen LogP contribution is -2.47. The second-order valence-corrected chi connectivity index (χ2v) is 9.75. The quantitative estimate of drug-likeness (QED) is 0.573. The Morgan fingerprint density at radius 1 is 1.17 bits per heavy atom. The van der Waals surface area contributed by atoms with Crippen LogP contribution >= 0.6 is 11.6 Å². The fourth-order valence-electron chi connectivity index (χ4n) is 5.92. The SMILES string of the molecule is Cc1cccc2c1C1(CC2)NC(=O)c2c3c(c(O)c(=O)n21)C(=O)N(Cc1ccc(F)c(Cl)c1)CC3. The van der Waals surface area contributed by atoms with Crippen molar-refractivity contribution in [3.8, 4) is 5.75 Å². The Labute approximate surface area is 204 Å². The van der Waals surface area contributed by atoms with Crippen molar-refractivity contribution in [2.24, 2.45) is 0 Å². The van der Waals surface area contributed by atoms with Crippen molar-refractivity contribution >= 4 is 23.4 Å². The lowest BCUT2D eigenvalue weighted by molar-refractivity contribution is 0.0721. The van der Waals surface area contributed by atoms with Crippen LogP contribution in [0, 0.1) is 12.7 Å². The predicted octanol–water partition coefficient (Wildman–Crippen LogP) is 3.24. The minimum absolute atomic E-state index is 0.0552. The van der Waals surface area contributed by atoms with Crippen LogP contribution in [0.5, 0.6) is 5.75 Å². The van der Waals surface area contributed by atoms with Gasteiger partial charge >= 0.3 is 0 Å². The van der Waals surface area contributed by atoms with E-state index in [-0.39, 0.29) is 35.8 Å². The van der Waals surface area contributed by atoms with Crippen molar-refractivity contribution in [2.45, 2.75) is 38.4 Å². The number of aromatic hydroxyl groups is 1. The van der Waals surface area contributed by atoms with Crippen LogP contribution in [-0.4, -0.2) is 32.9 Å². The summed E-state index contributed by atoms with van der Waals surface area (Å²) in [5.74, 6) is -2.20. The number of benzene rings is 2. The zero-order chi connectivity index (χ0) is 24.6. The summed E-state index contributed by atoms with van der Waals surface area (Å²) < 4.78 is 14.9. The molecule has 9 heteroatoms. The Morgan fingerprint density at radius 2 is 1.97 bits per heavy atom. The number of aryl methyl sites for hydroxylation is 2. The minimum Gasteiger partial charge on any atom is -0.502 e. The van der Waals surface area contributed by atoms with Gasteiger partial charge in [0.25, 0.3) is 17.4 Å². The third-order valence-corrected chi connectivity index (χ3v) is 7.68. The molecule has 1 unspecified atom stereocenters. The predicted molar refractivity (Wildman–Crippen MR) is 126 cm³/mol. The van der Waals surface area contributed by atoms with Gasteiger partial charge in [0.2, 0.25) is 0 Å². The summed E-state index contributed by atoms with van der Waals surface area (Å²) >= 11 is 5.87. The van der Waals surface area contributed by atoms with E-state index in [0.717, 1.165) is 16.7 Å². The van der Waals surface area contributed by atoms with E-state index in [1.54, 1.807) is 0 Å². The number of aromatic nitrogens is 1. The number of hydrogen-bond donors (Lipinski definition) is 2. The number of halogens is 2. The van der Waals surface area contributed by atoms with E-state index < -0.39 is 34.6 Å². The number of rotatable bonds is 2. The van der Waals surface area contributed by atoms with Crippen LogP contribution in [0.4, 0.5) is 4.39 Å². The molecule has 0 fully saturated rings. The second kappa shape index (κ2) is 7.42. The van der Waals surface area contributed by atoms with E-state index in [2.05, 4.69) is 5.32 Å². The monoisotopic (exact) mass is 493 g/mol. The first-order valence-corrected chi connectivity index (χ1v) is 11.8. The van der Waals surface area contributed by atoms with Gasteiger partial charge in [-0.05, 0) is 55.0 Å². The molecular weight excluding hydrogens is 473 g/mol. The van der Waals surface area contributed by atoms with Gasteiger partial charge in [0, 0.05) is 24.2 Å². The molecule has 0 saturated heterocycles. The number of carbonyl (C=O) groups is 2. The molecule has 6 rings (SSSR count). The number of fused-ring (bicyclic) bond motifs is 6. The fraction of sp³-hybridized carbons (Fsp3) is 0.269. The van der Waals surface area contributed by atoms with E-state index >= 15 is 0 Å². The van der Waals surface area contributed by atoms with Gasteiger partial charge in [-0.2, -0.15) is 0 Å². The molecule has 1 aliphatic carbocycles. The van der Waals surface area contributed by atoms with Gasteiger partial charge in [-0.1, -0.05) is 35.9 Å². The van der Waals surface area contributed by atoms with Crippen LogP contribution in [0.15, 0.2) is 41.2 Å². The minimum atomic E-state index is -1.08. The highest BCUT2D eigenvalue weighted by Crippen LogP contribution is 2.44. The highest BCUT2D eigenvalue weighted by atomic mass is 35.5. The van der Waals surface area contributed by atoms with Gasteiger partial charge in [0.1, 0.15) is 17.2 Å². The maximum absolute atomic E-state index is 13.5. The Morgan fingerprint density at radius 3 is 2.74 bits per heavy atom. The van der Waals surface area contributed by atoms with Crippen molar-refractivity contribution in [2.75, 3.05) is 6.54 Å². The number of amides is 2. The van der Waals surface area contributed by atoms with Crippen LogP contribution < -0.4 is 10.9 Å². The number of carbonyl (C=O) groups excluding carboxylic acids is 2. The third-order valence-electron chi connectivity index (χ3n) is 7.39. The molecule has 3 aliphatic rings. The number of nitrogens with one attached hydrogen (secondary N) is 1. The number of pyridine rings is 1. The average Bonchev–Trinajstić information content (AvgIpc) is 3.34. The summed E-state index contributed by atoms with van der Waals surface area (Å²) in [4.78, 5) is 41.7. The van der Waals surface area contributed by atoms with Crippen LogP contribution in [-0.2, 0) is 25.0 Å². The largest absolute Gasteiger partial charge is 0.502 e. The highest BCUT2D eigenvalue weighted by molar-refractivity contribution is 6.30. The molecule has 0 radical (unpaired) electrons. The van der Waals surface area contributed by atoms with Crippen molar-refractivity contribution in [3.05, 3.63) is 96.7 Å². The van der Waals surface area contributed by atoms with Crippen molar-refractivity contribution in [1.82, 2.24) is 14.8 Å². The second-order valence-electron chi connectivity index (χ2n) is 9.34. The van der Waals surface area contributed by atoms with Gasteiger partial charge in [0.15, 0.2) is 5.75 Å². The van der Waals surface area contributed by atoms with E-state index in [1.807, 2.05) is 25.1 Å². The Balaban J connectivity index is 1.48. The zero-order valence-corrected chi connectivity index (χ0v) is 19.6. The summed E-state index contributed by atoms with van der Waals surface area (Å²) in [5, 5.41) is 14.0. The molecule has 3 heterocycles. The first-order chi connectivity index (χ1) is 16.7. The smallest absolute Gasteiger partial charge is 0.296 e. The molecule has 178 valence electrons. The van der Waals surface area contributed by atoms with Gasteiger partial charge in [0.05, 0.1) is 10.6 Å². The van der Waals surface area contributed by atoms with Crippen LogP contribution in [0.3, 0.4) is 0 Å². The van der Waals surface area contributed by atoms with Gasteiger partial charge in [-0.3, -0.25) is 19.0 Å². The van der Waals surface area contributed by atoms with Gasteiger partial charge in [-0.25, -0.2) is 4.39 Å². The van der Waals surface area contributed by atoms with E-state index in [1.165, 1.54) is 27.7 Å². The molecule has 2 N–H and O–H groups in total. The molecule has 2 amide bonds. The molecule has 3 aromatic rings. The summed E-state index contributed by atoms with van der Waals surface area (Å²) in [6.45, 7) is 2.32. The molecule has 0 saturated carbocycles. The summed E-state index contributed by atoms with van der Waals surface area (Å²) in [6, 6.07) is 10.0.